The molecule has 0 heterocycles. The standard InChI is InChI=1S/C14H16BrNO4/c1-20-12-6-5-11(15)9-10(12)4-7-13(17)16-8-2-3-14(18)19/h4-7,9H,2-3,8H2,1H3,(H,16,17)(H,18,19)/b7-4+. The van der Waals surface area contributed by atoms with E-state index in [1.807, 2.05) is 12.1 Å². The Labute approximate surface area is 125 Å². The second-order valence-electron chi connectivity index (χ2n) is 4.01. The van der Waals surface area contributed by atoms with E-state index in [4.69, 9.17) is 9.84 Å². The van der Waals surface area contributed by atoms with Crippen LogP contribution in [-0.2, 0) is 9.59 Å². The quantitative estimate of drug-likeness (QED) is 0.590. The summed E-state index contributed by atoms with van der Waals surface area (Å²) in [5.41, 5.74) is 0.780. The first-order chi connectivity index (χ1) is 9.52. The fraction of sp³-hybridized carbons (Fsp3) is 0.286. The molecule has 0 radical (unpaired) electrons. The van der Waals surface area contributed by atoms with Gasteiger partial charge in [0, 0.05) is 29.1 Å². The normalized spacial score (nSPS) is 10.5. The second-order valence-corrected chi connectivity index (χ2v) is 4.92. The number of rotatable bonds is 7. The van der Waals surface area contributed by atoms with E-state index in [0.29, 0.717) is 18.7 Å². The minimum Gasteiger partial charge on any atom is -0.496 e. The first-order valence-electron chi connectivity index (χ1n) is 6.04. The van der Waals surface area contributed by atoms with Crippen LogP contribution < -0.4 is 10.1 Å². The maximum absolute atomic E-state index is 11.5. The number of carboxylic acid groups (broad SMARTS) is 1. The minimum atomic E-state index is -0.867. The van der Waals surface area contributed by atoms with Crippen molar-refractivity contribution in [3.63, 3.8) is 0 Å². The lowest BCUT2D eigenvalue weighted by Crippen LogP contribution is -2.22. The van der Waals surface area contributed by atoms with Gasteiger partial charge in [0.25, 0.3) is 0 Å². The van der Waals surface area contributed by atoms with Crippen LogP contribution in [0.15, 0.2) is 28.7 Å². The van der Waals surface area contributed by atoms with E-state index in [2.05, 4.69) is 21.2 Å². The lowest BCUT2D eigenvalue weighted by atomic mass is 10.2. The molecular weight excluding hydrogens is 326 g/mol. The van der Waals surface area contributed by atoms with Crippen molar-refractivity contribution in [1.82, 2.24) is 5.32 Å². The zero-order valence-electron chi connectivity index (χ0n) is 11.1. The molecule has 1 amide bonds. The van der Waals surface area contributed by atoms with E-state index >= 15 is 0 Å². The molecule has 0 aliphatic rings. The number of ether oxygens (including phenoxy) is 1. The number of benzene rings is 1. The number of hydrogen-bond acceptors (Lipinski definition) is 3. The fourth-order valence-electron chi connectivity index (χ4n) is 1.51. The van der Waals surface area contributed by atoms with Crippen LogP contribution in [-0.4, -0.2) is 30.6 Å². The van der Waals surface area contributed by atoms with Gasteiger partial charge in [0.1, 0.15) is 5.75 Å². The molecule has 2 N–H and O–H groups in total. The summed E-state index contributed by atoms with van der Waals surface area (Å²) >= 11 is 3.35. The molecule has 0 aliphatic carbocycles. The van der Waals surface area contributed by atoms with E-state index in [-0.39, 0.29) is 12.3 Å². The number of hydrogen-bond donors (Lipinski definition) is 2. The Kier molecular flexibility index (Phi) is 6.79. The van der Waals surface area contributed by atoms with Crippen LogP contribution in [0.25, 0.3) is 6.08 Å². The lowest BCUT2D eigenvalue weighted by molar-refractivity contribution is -0.137. The van der Waals surface area contributed by atoms with Crippen molar-refractivity contribution in [2.75, 3.05) is 13.7 Å². The Morgan fingerprint density at radius 1 is 1.45 bits per heavy atom. The third-order valence-corrected chi connectivity index (χ3v) is 2.97. The second kappa shape index (κ2) is 8.37. The predicted octanol–water partition coefficient (Wildman–Crippen LogP) is 2.45. The SMILES string of the molecule is COc1ccc(Br)cc1/C=C/C(=O)NCCCC(=O)O. The van der Waals surface area contributed by atoms with Gasteiger partial charge in [0.2, 0.25) is 5.91 Å². The summed E-state index contributed by atoms with van der Waals surface area (Å²) < 4.78 is 6.08. The van der Waals surface area contributed by atoms with Gasteiger partial charge in [-0.3, -0.25) is 9.59 Å². The molecule has 0 bridgehead atoms. The van der Waals surface area contributed by atoms with Crippen molar-refractivity contribution >= 4 is 33.9 Å². The first-order valence-corrected chi connectivity index (χ1v) is 6.83. The third-order valence-electron chi connectivity index (χ3n) is 2.47. The fourth-order valence-corrected chi connectivity index (χ4v) is 1.89. The highest BCUT2D eigenvalue weighted by Crippen LogP contribution is 2.23. The molecule has 1 aromatic rings. The smallest absolute Gasteiger partial charge is 0.303 e. The molecule has 0 saturated heterocycles. The van der Waals surface area contributed by atoms with Crippen LogP contribution >= 0.6 is 15.9 Å². The Bertz CT molecular complexity index is 514. The molecule has 0 aliphatic heterocycles. The molecule has 0 atom stereocenters. The van der Waals surface area contributed by atoms with Gasteiger partial charge in [-0.25, -0.2) is 0 Å². The van der Waals surface area contributed by atoms with Crippen molar-refractivity contribution < 1.29 is 19.4 Å². The molecule has 0 unspecified atom stereocenters. The van der Waals surface area contributed by atoms with E-state index in [1.54, 1.807) is 19.3 Å². The highest BCUT2D eigenvalue weighted by molar-refractivity contribution is 9.10. The number of carboxylic acids is 1. The van der Waals surface area contributed by atoms with E-state index < -0.39 is 5.97 Å². The minimum absolute atomic E-state index is 0.0451. The number of carbonyl (C=O) groups is 2. The average molecular weight is 342 g/mol. The third kappa shape index (κ3) is 5.88. The van der Waals surface area contributed by atoms with E-state index in [9.17, 15) is 9.59 Å². The zero-order chi connectivity index (χ0) is 15.0. The van der Waals surface area contributed by atoms with Crippen molar-refractivity contribution in [3.05, 3.63) is 34.3 Å². The van der Waals surface area contributed by atoms with Gasteiger partial charge < -0.3 is 15.2 Å². The summed E-state index contributed by atoms with van der Waals surface area (Å²) in [5.74, 6) is -0.464. The summed E-state index contributed by atoms with van der Waals surface area (Å²) in [5, 5.41) is 11.1. The molecule has 0 saturated carbocycles. The van der Waals surface area contributed by atoms with Gasteiger partial charge in [-0.2, -0.15) is 0 Å². The van der Waals surface area contributed by atoms with Crippen LogP contribution in [0.3, 0.4) is 0 Å². The van der Waals surface area contributed by atoms with E-state index in [1.165, 1.54) is 6.08 Å². The topological polar surface area (TPSA) is 75.6 Å². The molecule has 0 spiro atoms. The van der Waals surface area contributed by atoms with Crippen LogP contribution in [0.5, 0.6) is 5.75 Å². The van der Waals surface area contributed by atoms with E-state index in [0.717, 1.165) is 10.0 Å². The Balaban J connectivity index is 2.52. The first kappa shape index (κ1) is 16.2. The molecule has 0 aromatic heterocycles. The maximum atomic E-state index is 11.5. The molecule has 6 heteroatoms. The highest BCUT2D eigenvalue weighted by Gasteiger charge is 2.02. The van der Waals surface area contributed by atoms with Gasteiger partial charge in [-0.15, -0.1) is 0 Å². The van der Waals surface area contributed by atoms with Crippen molar-refractivity contribution in [3.8, 4) is 5.75 Å². The summed E-state index contributed by atoms with van der Waals surface area (Å²) in [6.07, 6.45) is 3.50. The number of aliphatic carboxylic acids is 1. The Morgan fingerprint density at radius 2 is 2.20 bits per heavy atom. The number of nitrogens with one attached hydrogen (secondary N) is 1. The number of amides is 1. The van der Waals surface area contributed by atoms with Crippen LogP contribution in [0.4, 0.5) is 0 Å². The van der Waals surface area contributed by atoms with Gasteiger partial charge >= 0.3 is 5.97 Å². The molecule has 1 aromatic carbocycles. The monoisotopic (exact) mass is 341 g/mol. The summed E-state index contributed by atoms with van der Waals surface area (Å²) in [7, 11) is 1.56. The summed E-state index contributed by atoms with van der Waals surface area (Å²) in [6.45, 7) is 0.338. The van der Waals surface area contributed by atoms with Crippen LogP contribution in [0.2, 0.25) is 0 Å². The van der Waals surface area contributed by atoms with Gasteiger partial charge in [-0.1, -0.05) is 15.9 Å². The molecule has 1 rings (SSSR count). The molecule has 20 heavy (non-hydrogen) atoms. The van der Waals surface area contributed by atoms with Crippen LogP contribution in [0, 0.1) is 0 Å². The predicted molar refractivity (Wildman–Crippen MR) is 79.6 cm³/mol. The molecule has 5 nitrogen and oxygen atoms in total. The van der Waals surface area contributed by atoms with Crippen LogP contribution in [0.1, 0.15) is 18.4 Å². The largest absolute Gasteiger partial charge is 0.496 e. The van der Waals surface area contributed by atoms with Gasteiger partial charge in [0.05, 0.1) is 7.11 Å². The molecular formula is C14H16BrNO4. The molecule has 108 valence electrons. The molecule has 0 fully saturated rings. The lowest BCUT2D eigenvalue weighted by Gasteiger charge is -2.05. The Hall–Kier alpha value is -1.82. The number of methoxy groups -OCH3 is 1. The van der Waals surface area contributed by atoms with Crippen molar-refractivity contribution in [2.24, 2.45) is 0 Å². The highest BCUT2D eigenvalue weighted by atomic mass is 79.9. The van der Waals surface area contributed by atoms with Gasteiger partial charge in [0.15, 0.2) is 0 Å². The average Bonchev–Trinajstić information content (AvgIpc) is 2.41. The maximum Gasteiger partial charge on any atom is 0.303 e. The Morgan fingerprint density at radius 3 is 2.85 bits per heavy atom. The van der Waals surface area contributed by atoms with Crippen molar-refractivity contribution in [1.29, 1.82) is 0 Å². The summed E-state index contributed by atoms with van der Waals surface area (Å²) in [4.78, 5) is 21.9. The number of carbonyl (C=O) groups excluding carboxylic acids is 1. The summed E-state index contributed by atoms with van der Waals surface area (Å²) in [6, 6.07) is 5.49. The zero-order valence-corrected chi connectivity index (χ0v) is 12.6. The van der Waals surface area contributed by atoms with Gasteiger partial charge in [-0.05, 0) is 30.7 Å². The number of halogens is 1. The van der Waals surface area contributed by atoms with Crippen molar-refractivity contribution in [2.45, 2.75) is 12.8 Å².